The second-order valence-corrected chi connectivity index (χ2v) is 7.62. The summed E-state index contributed by atoms with van der Waals surface area (Å²) in [4.78, 5) is 18.3. The van der Waals surface area contributed by atoms with Gasteiger partial charge in [-0.1, -0.05) is 26.2 Å². The average Bonchev–Trinajstić information content (AvgIpc) is 2.51. The van der Waals surface area contributed by atoms with Crippen LogP contribution in [0.25, 0.3) is 0 Å². The number of carbonyl (C=O) groups excluding carboxylic acids is 1. The molecule has 0 radical (unpaired) electrons. The smallest absolute Gasteiger partial charge is 0.410 e. The molecule has 25 heavy (non-hydrogen) atoms. The molecule has 1 aliphatic rings. The standard InChI is InChI=1S/C18H36N4O2.HI/c1-5-6-7-8-11-20-16(19)21-14-15-9-12-22(13-10-15)17(23)24-18(2,3)4;/h15H,5-14H2,1-4H3,(H3,19,20,21);1H. The van der Waals surface area contributed by atoms with E-state index in [1.807, 2.05) is 20.8 Å². The SMILES string of the molecule is CCCCCCNC(N)=NCC1CCN(C(=O)OC(C)(C)C)CC1.I. The normalized spacial score (nSPS) is 16.3. The van der Waals surface area contributed by atoms with Crippen LogP contribution in [0.4, 0.5) is 4.79 Å². The first-order chi connectivity index (χ1) is 11.3. The van der Waals surface area contributed by atoms with E-state index in [9.17, 15) is 4.79 Å². The Morgan fingerprint density at radius 2 is 1.88 bits per heavy atom. The van der Waals surface area contributed by atoms with Gasteiger partial charge in [0.25, 0.3) is 0 Å². The van der Waals surface area contributed by atoms with Gasteiger partial charge in [0, 0.05) is 26.2 Å². The lowest BCUT2D eigenvalue weighted by Gasteiger charge is -2.33. The van der Waals surface area contributed by atoms with E-state index in [2.05, 4.69) is 17.2 Å². The number of ether oxygens (including phenoxy) is 1. The zero-order valence-electron chi connectivity index (χ0n) is 16.3. The minimum absolute atomic E-state index is 0. The molecule has 1 aliphatic heterocycles. The molecule has 0 saturated carbocycles. The Balaban J connectivity index is 0.00000576. The topological polar surface area (TPSA) is 80.0 Å². The van der Waals surface area contributed by atoms with Crippen molar-refractivity contribution < 1.29 is 9.53 Å². The molecule has 7 heteroatoms. The minimum atomic E-state index is -0.435. The maximum Gasteiger partial charge on any atom is 0.410 e. The summed E-state index contributed by atoms with van der Waals surface area (Å²) >= 11 is 0. The summed E-state index contributed by atoms with van der Waals surface area (Å²) in [6.45, 7) is 11.0. The number of halogens is 1. The number of carbonyl (C=O) groups is 1. The number of hydrogen-bond acceptors (Lipinski definition) is 3. The molecule has 3 N–H and O–H groups in total. The van der Waals surface area contributed by atoms with Crippen molar-refractivity contribution in [2.24, 2.45) is 16.6 Å². The summed E-state index contributed by atoms with van der Waals surface area (Å²) < 4.78 is 5.41. The molecule has 0 spiro atoms. The second-order valence-electron chi connectivity index (χ2n) is 7.62. The van der Waals surface area contributed by atoms with Gasteiger partial charge in [0.1, 0.15) is 5.60 Å². The maximum absolute atomic E-state index is 12.0. The molecular formula is C18H37IN4O2. The third kappa shape index (κ3) is 11.5. The van der Waals surface area contributed by atoms with Crippen molar-refractivity contribution in [3.63, 3.8) is 0 Å². The fourth-order valence-corrected chi connectivity index (χ4v) is 2.68. The number of likely N-dealkylation sites (tertiary alicyclic amines) is 1. The van der Waals surface area contributed by atoms with Gasteiger partial charge in [0.2, 0.25) is 0 Å². The molecule has 0 bridgehead atoms. The Hall–Kier alpha value is -0.730. The summed E-state index contributed by atoms with van der Waals surface area (Å²) in [5.74, 6) is 1.03. The molecule has 1 saturated heterocycles. The number of unbranched alkanes of at least 4 members (excludes halogenated alkanes) is 3. The molecule has 1 heterocycles. The zero-order chi connectivity index (χ0) is 18.0. The van der Waals surface area contributed by atoms with Crippen LogP contribution >= 0.6 is 24.0 Å². The number of guanidine groups is 1. The van der Waals surface area contributed by atoms with Crippen LogP contribution in [-0.4, -0.2) is 48.7 Å². The van der Waals surface area contributed by atoms with Crippen LogP contribution in [0, 0.1) is 5.92 Å². The zero-order valence-corrected chi connectivity index (χ0v) is 18.7. The quantitative estimate of drug-likeness (QED) is 0.258. The van der Waals surface area contributed by atoms with Crippen LogP contribution in [0.2, 0.25) is 0 Å². The van der Waals surface area contributed by atoms with Gasteiger partial charge in [0.05, 0.1) is 0 Å². The van der Waals surface area contributed by atoms with Crippen LogP contribution in [0.1, 0.15) is 66.2 Å². The number of piperidine rings is 1. The first kappa shape index (κ1) is 24.3. The van der Waals surface area contributed by atoms with E-state index in [0.29, 0.717) is 11.9 Å². The van der Waals surface area contributed by atoms with Crippen molar-refractivity contribution in [2.75, 3.05) is 26.2 Å². The van der Waals surface area contributed by atoms with Gasteiger partial charge in [-0.25, -0.2) is 4.79 Å². The van der Waals surface area contributed by atoms with Gasteiger partial charge < -0.3 is 20.7 Å². The Labute approximate surface area is 170 Å². The lowest BCUT2D eigenvalue weighted by molar-refractivity contribution is 0.0187. The average molecular weight is 468 g/mol. The highest BCUT2D eigenvalue weighted by atomic mass is 127. The molecule has 1 fully saturated rings. The van der Waals surface area contributed by atoms with Gasteiger partial charge in [-0.05, 0) is 46.0 Å². The maximum atomic E-state index is 12.0. The Kier molecular flexibility index (Phi) is 12.2. The molecule has 0 atom stereocenters. The van der Waals surface area contributed by atoms with E-state index in [0.717, 1.165) is 45.4 Å². The van der Waals surface area contributed by atoms with Crippen LogP contribution < -0.4 is 11.1 Å². The van der Waals surface area contributed by atoms with E-state index in [1.165, 1.54) is 19.3 Å². The molecule has 1 rings (SSSR count). The van der Waals surface area contributed by atoms with Gasteiger partial charge in [-0.15, -0.1) is 24.0 Å². The molecule has 0 unspecified atom stereocenters. The van der Waals surface area contributed by atoms with Crippen LogP contribution in [0.15, 0.2) is 4.99 Å². The molecule has 0 aromatic carbocycles. The van der Waals surface area contributed by atoms with Crippen molar-refractivity contribution in [3.8, 4) is 0 Å². The molecule has 1 amide bonds. The summed E-state index contributed by atoms with van der Waals surface area (Å²) in [7, 11) is 0. The summed E-state index contributed by atoms with van der Waals surface area (Å²) in [6.07, 6.45) is 6.58. The Morgan fingerprint density at radius 3 is 2.44 bits per heavy atom. The fraction of sp³-hybridized carbons (Fsp3) is 0.889. The lowest BCUT2D eigenvalue weighted by Crippen LogP contribution is -2.42. The minimum Gasteiger partial charge on any atom is -0.444 e. The van der Waals surface area contributed by atoms with Crippen molar-refractivity contribution in [1.82, 2.24) is 10.2 Å². The molecular weight excluding hydrogens is 431 g/mol. The largest absolute Gasteiger partial charge is 0.444 e. The number of rotatable bonds is 7. The van der Waals surface area contributed by atoms with E-state index in [-0.39, 0.29) is 30.1 Å². The number of nitrogens with one attached hydrogen (secondary N) is 1. The summed E-state index contributed by atoms with van der Waals surface area (Å²) in [6, 6.07) is 0. The first-order valence-electron chi connectivity index (χ1n) is 9.33. The third-order valence-electron chi connectivity index (χ3n) is 4.12. The predicted molar refractivity (Wildman–Crippen MR) is 115 cm³/mol. The van der Waals surface area contributed by atoms with Crippen LogP contribution in [-0.2, 0) is 4.74 Å². The second kappa shape index (κ2) is 12.6. The number of nitrogens with two attached hydrogens (primary N) is 1. The van der Waals surface area contributed by atoms with Crippen LogP contribution in [0.5, 0.6) is 0 Å². The number of nitrogens with zero attached hydrogens (tertiary/aromatic N) is 2. The predicted octanol–water partition coefficient (Wildman–Crippen LogP) is 3.74. The van der Waals surface area contributed by atoms with Gasteiger partial charge in [-0.2, -0.15) is 0 Å². The number of aliphatic imine (C=N–C) groups is 1. The monoisotopic (exact) mass is 468 g/mol. The molecule has 0 aromatic heterocycles. The number of amides is 1. The van der Waals surface area contributed by atoms with Gasteiger partial charge in [-0.3, -0.25) is 4.99 Å². The number of hydrogen-bond donors (Lipinski definition) is 2. The fourth-order valence-electron chi connectivity index (χ4n) is 2.68. The van der Waals surface area contributed by atoms with E-state index < -0.39 is 5.60 Å². The summed E-state index contributed by atoms with van der Waals surface area (Å²) in [5.41, 5.74) is 5.47. The van der Waals surface area contributed by atoms with Gasteiger partial charge in [0.15, 0.2) is 5.96 Å². The Bertz CT molecular complexity index is 402. The highest BCUT2D eigenvalue weighted by Gasteiger charge is 2.26. The molecule has 6 nitrogen and oxygen atoms in total. The first-order valence-corrected chi connectivity index (χ1v) is 9.33. The molecule has 0 aliphatic carbocycles. The Morgan fingerprint density at radius 1 is 1.24 bits per heavy atom. The third-order valence-corrected chi connectivity index (χ3v) is 4.12. The van der Waals surface area contributed by atoms with Crippen molar-refractivity contribution >= 4 is 36.0 Å². The van der Waals surface area contributed by atoms with E-state index >= 15 is 0 Å². The highest BCUT2D eigenvalue weighted by molar-refractivity contribution is 14.0. The lowest BCUT2D eigenvalue weighted by atomic mass is 9.97. The molecule has 0 aromatic rings. The van der Waals surface area contributed by atoms with Gasteiger partial charge >= 0.3 is 6.09 Å². The van der Waals surface area contributed by atoms with Crippen molar-refractivity contribution in [2.45, 2.75) is 71.8 Å². The van der Waals surface area contributed by atoms with Crippen molar-refractivity contribution in [3.05, 3.63) is 0 Å². The van der Waals surface area contributed by atoms with Crippen LogP contribution in [0.3, 0.4) is 0 Å². The molecule has 148 valence electrons. The van der Waals surface area contributed by atoms with Crippen molar-refractivity contribution in [1.29, 1.82) is 0 Å². The summed E-state index contributed by atoms with van der Waals surface area (Å²) in [5, 5.41) is 3.18. The van der Waals surface area contributed by atoms with E-state index in [4.69, 9.17) is 10.5 Å². The highest BCUT2D eigenvalue weighted by Crippen LogP contribution is 2.19. The van der Waals surface area contributed by atoms with E-state index in [1.54, 1.807) is 4.90 Å².